The number of imide groups is 1. The molecule has 23 heavy (non-hydrogen) atoms. The lowest BCUT2D eigenvalue weighted by Crippen LogP contribution is -2.19. The van der Waals surface area contributed by atoms with E-state index in [0.29, 0.717) is 11.3 Å². The van der Waals surface area contributed by atoms with Crippen molar-refractivity contribution < 1.29 is 18.8 Å². The molecule has 0 aliphatic carbocycles. The van der Waals surface area contributed by atoms with E-state index >= 15 is 0 Å². The first-order valence-electron chi connectivity index (χ1n) is 6.77. The van der Waals surface area contributed by atoms with E-state index in [1.165, 1.54) is 30.3 Å². The molecule has 0 radical (unpaired) electrons. The van der Waals surface area contributed by atoms with Crippen LogP contribution in [0.25, 0.3) is 6.08 Å². The van der Waals surface area contributed by atoms with Gasteiger partial charge in [0.05, 0.1) is 11.1 Å². The zero-order valence-corrected chi connectivity index (χ0v) is 11.8. The van der Waals surface area contributed by atoms with Gasteiger partial charge in [0.25, 0.3) is 11.8 Å². The molecule has 0 atom stereocenters. The number of fused-ring (bicyclic) bond motifs is 1. The van der Waals surface area contributed by atoms with Gasteiger partial charge in [0.15, 0.2) is 0 Å². The maximum Gasteiger partial charge on any atom is 0.259 e. The molecule has 114 valence electrons. The fraction of sp³-hybridized carbons (Fsp3) is 0. The Balaban J connectivity index is 1.71. The molecule has 3 rings (SSSR count). The van der Waals surface area contributed by atoms with Crippen molar-refractivity contribution >= 4 is 29.5 Å². The SMILES string of the molecule is O=C(/C=C/c1ccc(F)cc1)Nc1ccc2c(c1)C(=O)NC2=O. The highest BCUT2D eigenvalue weighted by Crippen LogP contribution is 2.20. The fourth-order valence-corrected chi connectivity index (χ4v) is 2.18. The number of hydrogen-bond donors (Lipinski definition) is 2. The van der Waals surface area contributed by atoms with Gasteiger partial charge in [-0.1, -0.05) is 12.1 Å². The van der Waals surface area contributed by atoms with Crippen molar-refractivity contribution in [2.45, 2.75) is 0 Å². The van der Waals surface area contributed by atoms with Crippen molar-refractivity contribution in [3.8, 4) is 0 Å². The molecule has 2 N–H and O–H groups in total. The number of anilines is 1. The van der Waals surface area contributed by atoms with E-state index in [1.54, 1.807) is 24.3 Å². The van der Waals surface area contributed by atoms with Gasteiger partial charge in [-0.05, 0) is 42.0 Å². The predicted molar refractivity (Wildman–Crippen MR) is 82.3 cm³/mol. The minimum absolute atomic E-state index is 0.232. The minimum Gasteiger partial charge on any atom is -0.322 e. The van der Waals surface area contributed by atoms with Gasteiger partial charge >= 0.3 is 0 Å². The lowest BCUT2D eigenvalue weighted by molar-refractivity contribution is -0.111. The summed E-state index contributed by atoms with van der Waals surface area (Å²) in [4.78, 5) is 34.9. The van der Waals surface area contributed by atoms with E-state index < -0.39 is 17.7 Å². The molecule has 1 aliphatic heterocycles. The van der Waals surface area contributed by atoms with Gasteiger partial charge in [0.2, 0.25) is 5.91 Å². The van der Waals surface area contributed by atoms with Crippen molar-refractivity contribution in [3.63, 3.8) is 0 Å². The molecule has 6 heteroatoms. The van der Waals surface area contributed by atoms with E-state index in [9.17, 15) is 18.8 Å². The first-order chi connectivity index (χ1) is 11.0. The number of rotatable bonds is 3. The number of nitrogens with one attached hydrogen (secondary N) is 2. The summed E-state index contributed by atoms with van der Waals surface area (Å²) in [5.74, 6) is -1.68. The lowest BCUT2D eigenvalue weighted by atomic mass is 10.1. The molecule has 0 unspecified atom stereocenters. The molecule has 0 aromatic heterocycles. The molecule has 1 heterocycles. The Morgan fingerprint density at radius 3 is 2.43 bits per heavy atom. The van der Waals surface area contributed by atoms with E-state index in [-0.39, 0.29) is 16.9 Å². The zero-order valence-electron chi connectivity index (χ0n) is 11.8. The highest BCUT2D eigenvalue weighted by Gasteiger charge is 2.26. The Kier molecular flexibility index (Phi) is 3.72. The second kappa shape index (κ2) is 5.84. The Labute approximate surface area is 130 Å². The van der Waals surface area contributed by atoms with Crippen molar-refractivity contribution in [1.29, 1.82) is 0 Å². The van der Waals surface area contributed by atoms with E-state index in [0.717, 1.165) is 0 Å². The normalized spacial score (nSPS) is 13.1. The second-order valence-corrected chi connectivity index (χ2v) is 4.92. The lowest BCUT2D eigenvalue weighted by Gasteiger charge is -2.03. The molecular formula is C17H11FN2O3. The number of carbonyl (C=O) groups is 3. The third-order valence-electron chi connectivity index (χ3n) is 3.30. The Morgan fingerprint density at radius 1 is 1.00 bits per heavy atom. The molecule has 0 fully saturated rings. The molecule has 5 nitrogen and oxygen atoms in total. The first-order valence-corrected chi connectivity index (χ1v) is 6.77. The summed E-state index contributed by atoms with van der Waals surface area (Å²) in [5, 5.41) is 4.78. The van der Waals surface area contributed by atoms with Crippen LogP contribution in [-0.4, -0.2) is 17.7 Å². The average Bonchev–Trinajstić information content (AvgIpc) is 2.81. The minimum atomic E-state index is -0.483. The van der Waals surface area contributed by atoms with Crippen molar-refractivity contribution in [2.24, 2.45) is 0 Å². The van der Waals surface area contributed by atoms with Crippen LogP contribution in [-0.2, 0) is 4.79 Å². The van der Waals surface area contributed by atoms with Gasteiger partial charge in [-0.2, -0.15) is 0 Å². The fourth-order valence-electron chi connectivity index (χ4n) is 2.18. The summed E-state index contributed by atoms with van der Waals surface area (Å²) in [7, 11) is 0. The third-order valence-corrected chi connectivity index (χ3v) is 3.30. The summed E-state index contributed by atoms with van der Waals surface area (Å²) in [6.07, 6.45) is 2.84. The molecular weight excluding hydrogens is 299 g/mol. The first kappa shape index (κ1) is 14.6. The molecule has 2 aromatic carbocycles. The maximum absolute atomic E-state index is 12.8. The van der Waals surface area contributed by atoms with Crippen molar-refractivity contribution in [1.82, 2.24) is 5.32 Å². The van der Waals surface area contributed by atoms with E-state index in [2.05, 4.69) is 10.6 Å². The third kappa shape index (κ3) is 3.16. The second-order valence-electron chi connectivity index (χ2n) is 4.92. The molecule has 3 amide bonds. The van der Waals surface area contributed by atoms with Gasteiger partial charge in [-0.15, -0.1) is 0 Å². The van der Waals surface area contributed by atoms with Crippen LogP contribution in [0.4, 0.5) is 10.1 Å². The number of benzene rings is 2. The Hall–Kier alpha value is -3.28. The number of amides is 3. The molecule has 0 saturated carbocycles. The summed E-state index contributed by atoms with van der Waals surface area (Å²) < 4.78 is 12.8. The van der Waals surface area contributed by atoms with Crippen LogP contribution in [0.2, 0.25) is 0 Å². The topological polar surface area (TPSA) is 75.3 Å². The van der Waals surface area contributed by atoms with Gasteiger partial charge in [0, 0.05) is 11.8 Å². The van der Waals surface area contributed by atoms with Crippen molar-refractivity contribution in [2.75, 3.05) is 5.32 Å². The average molecular weight is 310 g/mol. The molecule has 0 saturated heterocycles. The molecule has 2 aromatic rings. The molecule has 0 bridgehead atoms. The quantitative estimate of drug-likeness (QED) is 0.675. The van der Waals surface area contributed by atoms with Crippen LogP contribution >= 0.6 is 0 Å². The zero-order chi connectivity index (χ0) is 16.4. The molecule has 0 spiro atoms. The van der Waals surface area contributed by atoms with E-state index in [4.69, 9.17) is 0 Å². The van der Waals surface area contributed by atoms with Crippen LogP contribution in [0.3, 0.4) is 0 Å². The monoisotopic (exact) mass is 310 g/mol. The number of carbonyl (C=O) groups excluding carboxylic acids is 3. The summed E-state index contributed by atoms with van der Waals surface area (Å²) in [6, 6.07) is 10.2. The maximum atomic E-state index is 12.8. The van der Waals surface area contributed by atoms with Crippen LogP contribution in [0.15, 0.2) is 48.5 Å². The van der Waals surface area contributed by atoms with Crippen LogP contribution < -0.4 is 10.6 Å². The van der Waals surface area contributed by atoms with E-state index in [1.807, 2.05) is 0 Å². The van der Waals surface area contributed by atoms with Crippen LogP contribution in [0.1, 0.15) is 26.3 Å². The highest BCUT2D eigenvalue weighted by atomic mass is 19.1. The predicted octanol–water partition coefficient (Wildman–Crippen LogP) is 2.36. The Morgan fingerprint density at radius 2 is 1.70 bits per heavy atom. The summed E-state index contributed by atoms with van der Waals surface area (Å²) in [5.41, 5.74) is 1.60. The van der Waals surface area contributed by atoms with Crippen molar-refractivity contribution in [3.05, 3.63) is 71.0 Å². The van der Waals surface area contributed by atoms with Gasteiger partial charge in [-0.25, -0.2) is 4.39 Å². The number of halogens is 1. The van der Waals surface area contributed by atoms with Crippen LogP contribution in [0, 0.1) is 5.82 Å². The van der Waals surface area contributed by atoms with Gasteiger partial charge < -0.3 is 5.32 Å². The van der Waals surface area contributed by atoms with Crippen LogP contribution in [0.5, 0.6) is 0 Å². The largest absolute Gasteiger partial charge is 0.322 e. The standard InChI is InChI=1S/C17H11FN2O3/c18-11-4-1-10(2-5-11)3-8-15(21)19-12-6-7-13-14(9-12)17(23)20-16(13)22/h1-9H,(H,19,21)(H,20,22,23)/b8-3+. The number of hydrogen-bond acceptors (Lipinski definition) is 3. The molecule has 1 aliphatic rings. The highest BCUT2D eigenvalue weighted by molar-refractivity contribution is 6.22. The summed E-state index contributed by atoms with van der Waals surface area (Å²) >= 11 is 0. The van der Waals surface area contributed by atoms with Gasteiger partial charge in [-0.3, -0.25) is 19.7 Å². The Bertz CT molecular complexity index is 841. The smallest absolute Gasteiger partial charge is 0.259 e. The summed E-state index contributed by atoms with van der Waals surface area (Å²) in [6.45, 7) is 0. The van der Waals surface area contributed by atoms with Gasteiger partial charge in [0.1, 0.15) is 5.82 Å².